The van der Waals surface area contributed by atoms with Crippen LogP contribution in [0.25, 0.3) is 0 Å². The highest BCUT2D eigenvalue weighted by atomic mass is 16.1. The number of fused-ring (bicyclic) bond motifs is 2. The number of hydrogen-bond acceptors (Lipinski definition) is 1. The van der Waals surface area contributed by atoms with E-state index in [9.17, 15) is 4.79 Å². The van der Waals surface area contributed by atoms with Gasteiger partial charge in [-0.15, -0.1) is 0 Å². The van der Waals surface area contributed by atoms with Gasteiger partial charge in [0.25, 0.3) is 0 Å². The number of carbonyl (C=O) groups excluding carboxylic acids is 1. The summed E-state index contributed by atoms with van der Waals surface area (Å²) in [4.78, 5) is 12.4. The Morgan fingerprint density at radius 1 is 1.30 bits per heavy atom. The van der Waals surface area contributed by atoms with Gasteiger partial charge in [0.1, 0.15) is 0 Å². The lowest BCUT2D eigenvalue weighted by Crippen LogP contribution is -2.21. The first-order chi connectivity index (χ1) is 9.67. The minimum absolute atomic E-state index is 0.214. The molecule has 1 N–H and O–H groups in total. The van der Waals surface area contributed by atoms with Gasteiger partial charge in [-0.3, -0.25) is 4.79 Å². The highest BCUT2D eigenvalue weighted by molar-refractivity contribution is 5.92. The molecule has 2 bridgehead atoms. The standard InChI is InChI=1S/C18H25NO/c1-3-14-6-4-5-12(2)18(14)19-17(20)11-16-10-13-7-8-15(16)9-13/h4-6,13,15-16H,3,7-11H2,1-2H3,(H,19,20)/t13-,15+,16+/m0/s1. The first kappa shape index (κ1) is 13.7. The number of benzene rings is 1. The van der Waals surface area contributed by atoms with Crippen LogP contribution in [0.5, 0.6) is 0 Å². The lowest BCUT2D eigenvalue weighted by atomic mass is 9.86. The first-order valence-electron chi connectivity index (χ1n) is 8.05. The fourth-order valence-corrected chi connectivity index (χ4v) is 4.26. The molecule has 2 aliphatic rings. The van der Waals surface area contributed by atoms with Crippen molar-refractivity contribution in [3.63, 3.8) is 0 Å². The van der Waals surface area contributed by atoms with Gasteiger partial charge in [-0.25, -0.2) is 0 Å². The van der Waals surface area contributed by atoms with E-state index in [1.807, 2.05) is 0 Å². The van der Waals surface area contributed by atoms with Crippen molar-refractivity contribution < 1.29 is 4.79 Å². The molecule has 0 heterocycles. The fraction of sp³-hybridized carbons (Fsp3) is 0.611. The molecule has 1 amide bonds. The van der Waals surface area contributed by atoms with Crippen LogP contribution in [0.2, 0.25) is 0 Å². The summed E-state index contributed by atoms with van der Waals surface area (Å²) in [5.74, 6) is 2.60. The van der Waals surface area contributed by atoms with Gasteiger partial charge >= 0.3 is 0 Å². The third-order valence-corrected chi connectivity index (χ3v) is 5.34. The average molecular weight is 271 g/mol. The van der Waals surface area contributed by atoms with Gasteiger partial charge in [0, 0.05) is 12.1 Å². The third-order valence-electron chi connectivity index (χ3n) is 5.34. The van der Waals surface area contributed by atoms with Crippen molar-refractivity contribution in [2.75, 3.05) is 5.32 Å². The molecule has 1 aromatic rings. The molecule has 0 aromatic heterocycles. The normalized spacial score (nSPS) is 27.8. The molecule has 2 nitrogen and oxygen atoms in total. The number of para-hydroxylation sites is 1. The average Bonchev–Trinajstić information content (AvgIpc) is 3.03. The number of carbonyl (C=O) groups is 1. The molecule has 3 atom stereocenters. The molecule has 0 aliphatic heterocycles. The molecule has 0 unspecified atom stereocenters. The largest absolute Gasteiger partial charge is 0.326 e. The van der Waals surface area contributed by atoms with Crippen LogP contribution in [0, 0.1) is 24.7 Å². The zero-order valence-corrected chi connectivity index (χ0v) is 12.6. The minimum atomic E-state index is 0.214. The Hall–Kier alpha value is -1.31. The van der Waals surface area contributed by atoms with Crippen LogP contribution < -0.4 is 5.32 Å². The van der Waals surface area contributed by atoms with Crippen molar-refractivity contribution >= 4 is 11.6 Å². The lowest BCUT2D eigenvalue weighted by molar-refractivity contribution is -0.117. The van der Waals surface area contributed by atoms with Crippen LogP contribution >= 0.6 is 0 Å². The SMILES string of the molecule is CCc1cccc(C)c1NC(=O)C[C@H]1C[C@H]2CC[C@@H]1C2. The Morgan fingerprint density at radius 3 is 2.80 bits per heavy atom. The van der Waals surface area contributed by atoms with Crippen LogP contribution in [0.4, 0.5) is 5.69 Å². The number of nitrogens with one attached hydrogen (secondary N) is 1. The van der Waals surface area contributed by atoms with E-state index in [1.54, 1.807) is 0 Å². The van der Waals surface area contributed by atoms with Crippen molar-refractivity contribution in [2.45, 2.75) is 52.4 Å². The number of hydrogen-bond donors (Lipinski definition) is 1. The molecule has 2 fully saturated rings. The van der Waals surface area contributed by atoms with Crippen LogP contribution in [0.3, 0.4) is 0 Å². The van der Waals surface area contributed by atoms with Crippen molar-refractivity contribution in [1.29, 1.82) is 0 Å². The molecule has 0 spiro atoms. The molecule has 0 saturated heterocycles. The van der Waals surface area contributed by atoms with Crippen LogP contribution in [0.1, 0.15) is 50.2 Å². The molecule has 3 rings (SSSR count). The van der Waals surface area contributed by atoms with E-state index < -0.39 is 0 Å². The fourth-order valence-electron chi connectivity index (χ4n) is 4.26. The number of aryl methyl sites for hydroxylation is 2. The van der Waals surface area contributed by atoms with E-state index in [1.165, 1.54) is 36.8 Å². The number of rotatable bonds is 4. The topological polar surface area (TPSA) is 29.1 Å². The van der Waals surface area contributed by atoms with Crippen LogP contribution in [-0.2, 0) is 11.2 Å². The summed E-state index contributed by atoms with van der Waals surface area (Å²) in [6.07, 6.45) is 7.10. The summed E-state index contributed by atoms with van der Waals surface area (Å²) in [6, 6.07) is 6.26. The summed E-state index contributed by atoms with van der Waals surface area (Å²) in [7, 11) is 0. The van der Waals surface area contributed by atoms with Gasteiger partial charge in [-0.1, -0.05) is 31.5 Å². The second-order valence-corrected chi connectivity index (χ2v) is 6.65. The minimum Gasteiger partial charge on any atom is -0.326 e. The summed E-state index contributed by atoms with van der Waals surface area (Å²) in [6.45, 7) is 4.21. The van der Waals surface area contributed by atoms with E-state index in [0.717, 1.165) is 30.4 Å². The van der Waals surface area contributed by atoms with Gasteiger partial charge < -0.3 is 5.32 Å². The zero-order valence-electron chi connectivity index (χ0n) is 12.6. The molecule has 2 aliphatic carbocycles. The highest BCUT2D eigenvalue weighted by Crippen LogP contribution is 2.49. The maximum atomic E-state index is 12.4. The zero-order chi connectivity index (χ0) is 14.1. The summed E-state index contributed by atoms with van der Waals surface area (Å²) < 4.78 is 0. The van der Waals surface area contributed by atoms with E-state index in [-0.39, 0.29) is 5.91 Å². The van der Waals surface area contributed by atoms with Gasteiger partial charge in [0.05, 0.1) is 0 Å². The first-order valence-corrected chi connectivity index (χ1v) is 8.05. The van der Waals surface area contributed by atoms with Gasteiger partial charge in [0.15, 0.2) is 0 Å². The van der Waals surface area contributed by atoms with Crippen molar-refractivity contribution in [2.24, 2.45) is 17.8 Å². The second-order valence-electron chi connectivity index (χ2n) is 6.65. The Balaban J connectivity index is 1.64. The Kier molecular flexibility index (Phi) is 3.82. The molecule has 0 radical (unpaired) electrons. The Morgan fingerprint density at radius 2 is 2.15 bits per heavy atom. The maximum Gasteiger partial charge on any atom is 0.224 e. The quantitative estimate of drug-likeness (QED) is 0.868. The molecule has 1 aromatic carbocycles. The lowest BCUT2D eigenvalue weighted by Gasteiger charge is -2.21. The third kappa shape index (κ3) is 2.61. The summed E-state index contributed by atoms with van der Waals surface area (Å²) in [5, 5.41) is 3.18. The Labute approximate surface area is 122 Å². The molecule has 2 saturated carbocycles. The van der Waals surface area contributed by atoms with Gasteiger partial charge in [-0.2, -0.15) is 0 Å². The van der Waals surface area contributed by atoms with E-state index in [2.05, 4.69) is 37.4 Å². The van der Waals surface area contributed by atoms with Crippen molar-refractivity contribution in [3.05, 3.63) is 29.3 Å². The molecule has 2 heteroatoms. The number of anilines is 1. The predicted octanol–water partition coefficient (Wildman–Crippen LogP) is 4.32. The Bertz CT molecular complexity index is 508. The van der Waals surface area contributed by atoms with Gasteiger partial charge in [-0.05, 0) is 61.5 Å². The predicted molar refractivity (Wildman–Crippen MR) is 82.7 cm³/mol. The second kappa shape index (κ2) is 5.59. The molecule has 20 heavy (non-hydrogen) atoms. The smallest absolute Gasteiger partial charge is 0.224 e. The van der Waals surface area contributed by atoms with E-state index in [4.69, 9.17) is 0 Å². The molecular formula is C18H25NO. The molecular weight excluding hydrogens is 246 g/mol. The van der Waals surface area contributed by atoms with Gasteiger partial charge in [0.2, 0.25) is 5.91 Å². The number of amides is 1. The van der Waals surface area contributed by atoms with E-state index >= 15 is 0 Å². The maximum absolute atomic E-state index is 12.4. The van der Waals surface area contributed by atoms with Crippen molar-refractivity contribution in [1.82, 2.24) is 0 Å². The monoisotopic (exact) mass is 271 g/mol. The molecule has 108 valence electrons. The summed E-state index contributed by atoms with van der Waals surface area (Å²) >= 11 is 0. The van der Waals surface area contributed by atoms with Crippen molar-refractivity contribution in [3.8, 4) is 0 Å². The van der Waals surface area contributed by atoms with E-state index in [0.29, 0.717) is 5.92 Å². The summed E-state index contributed by atoms with van der Waals surface area (Å²) in [5.41, 5.74) is 3.46. The highest BCUT2D eigenvalue weighted by Gasteiger charge is 2.40. The van der Waals surface area contributed by atoms with Crippen LogP contribution in [-0.4, -0.2) is 5.91 Å². The van der Waals surface area contributed by atoms with Crippen LogP contribution in [0.15, 0.2) is 18.2 Å².